The summed E-state index contributed by atoms with van der Waals surface area (Å²) >= 11 is 18.3. The van der Waals surface area contributed by atoms with E-state index in [9.17, 15) is 18.3 Å². The molecule has 1 atom stereocenters. The van der Waals surface area contributed by atoms with Crippen molar-refractivity contribution in [3.63, 3.8) is 0 Å². The van der Waals surface area contributed by atoms with Gasteiger partial charge in [-0.05, 0) is 53.7 Å². The van der Waals surface area contributed by atoms with Crippen LogP contribution in [0.2, 0.25) is 15.3 Å². The Bertz CT molecular complexity index is 1560. The Morgan fingerprint density at radius 3 is 2.32 bits per heavy atom. The number of carbonyl (C=O) groups is 1. The average Bonchev–Trinajstić information content (AvgIpc) is 2.85. The van der Waals surface area contributed by atoms with Crippen LogP contribution in [-0.2, 0) is 14.8 Å². The van der Waals surface area contributed by atoms with Gasteiger partial charge >= 0.3 is 5.97 Å². The van der Waals surface area contributed by atoms with Gasteiger partial charge in [0.05, 0.1) is 16.3 Å². The number of carboxylic acids is 1. The molecule has 37 heavy (non-hydrogen) atoms. The van der Waals surface area contributed by atoms with Gasteiger partial charge in [0.15, 0.2) is 0 Å². The van der Waals surface area contributed by atoms with Gasteiger partial charge in [-0.1, -0.05) is 73.3 Å². The van der Waals surface area contributed by atoms with Crippen LogP contribution >= 0.6 is 34.8 Å². The zero-order valence-electron chi connectivity index (χ0n) is 19.6. The lowest BCUT2D eigenvalue weighted by atomic mass is 10.00. The lowest BCUT2D eigenvalue weighted by Crippen LogP contribution is -2.45. The summed E-state index contributed by atoms with van der Waals surface area (Å²) in [5.74, 6) is -1.26. The van der Waals surface area contributed by atoms with E-state index in [1.165, 1.54) is 24.4 Å². The molecule has 0 fully saturated rings. The van der Waals surface area contributed by atoms with Crippen LogP contribution in [-0.4, -0.2) is 35.5 Å². The standard InChI is InChI=1S/C26H22Cl3N3O4S/c1-2-3-9-24(25(33)34)32(37(35,36)18-14-16(27)13-17(28)15-18)23-10-5-6-19-20(7-4-8-21(19)23)22-11-12-30-26(29)31-22/h4-8,10-15,24H,2-3,9H2,1H3,(H,33,34). The van der Waals surface area contributed by atoms with E-state index in [2.05, 4.69) is 9.97 Å². The largest absolute Gasteiger partial charge is 0.480 e. The van der Waals surface area contributed by atoms with E-state index < -0.39 is 22.0 Å². The van der Waals surface area contributed by atoms with E-state index >= 15 is 0 Å². The van der Waals surface area contributed by atoms with Crippen molar-refractivity contribution in [2.75, 3.05) is 4.31 Å². The van der Waals surface area contributed by atoms with Gasteiger partial charge in [-0.15, -0.1) is 0 Å². The molecule has 11 heteroatoms. The summed E-state index contributed by atoms with van der Waals surface area (Å²) in [7, 11) is -4.41. The van der Waals surface area contributed by atoms with E-state index in [-0.39, 0.29) is 32.3 Å². The quantitative estimate of drug-likeness (QED) is 0.213. The zero-order chi connectivity index (χ0) is 26.7. The monoisotopic (exact) mass is 577 g/mol. The number of halogens is 3. The summed E-state index contributed by atoms with van der Waals surface area (Å²) in [6.45, 7) is 1.91. The number of aliphatic carboxylic acids is 1. The lowest BCUT2D eigenvalue weighted by Gasteiger charge is -2.31. The molecule has 7 nitrogen and oxygen atoms in total. The molecule has 0 aliphatic rings. The first kappa shape index (κ1) is 27.1. The second kappa shape index (κ2) is 11.2. The number of hydrogen-bond acceptors (Lipinski definition) is 5. The minimum Gasteiger partial charge on any atom is -0.480 e. The maximum Gasteiger partial charge on any atom is 0.327 e. The molecule has 4 aromatic rings. The van der Waals surface area contributed by atoms with Crippen LogP contribution in [0.15, 0.2) is 71.8 Å². The number of sulfonamides is 1. The van der Waals surface area contributed by atoms with Gasteiger partial charge in [-0.3, -0.25) is 4.31 Å². The summed E-state index contributed by atoms with van der Waals surface area (Å²) < 4.78 is 29.2. The molecule has 1 aromatic heterocycles. The number of hydrogen-bond donors (Lipinski definition) is 1. The maximum atomic E-state index is 14.1. The van der Waals surface area contributed by atoms with Crippen molar-refractivity contribution in [2.45, 2.75) is 37.1 Å². The van der Waals surface area contributed by atoms with Crippen LogP contribution in [0.1, 0.15) is 26.2 Å². The number of anilines is 1. The fourth-order valence-electron chi connectivity index (χ4n) is 4.19. The van der Waals surface area contributed by atoms with E-state index in [1.807, 2.05) is 19.1 Å². The summed E-state index contributed by atoms with van der Waals surface area (Å²) in [6, 6.07) is 14.6. The first-order chi connectivity index (χ1) is 17.6. The molecular weight excluding hydrogens is 557 g/mol. The van der Waals surface area contributed by atoms with E-state index in [1.54, 1.807) is 30.3 Å². The number of unbranched alkanes of at least 4 members (excludes halogenated alkanes) is 1. The van der Waals surface area contributed by atoms with Crippen LogP contribution in [0.5, 0.6) is 0 Å². The summed E-state index contributed by atoms with van der Waals surface area (Å²) in [4.78, 5) is 20.5. The second-order valence-electron chi connectivity index (χ2n) is 8.29. The first-order valence-electron chi connectivity index (χ1n) is 11.4. The molecule has 0 saturated carbocycles. The van der Waals surface area contributed by atoms with Crippen molar-refractivity contribution < 1.29 is 18.3 Å². The van der Waals surface area contributed by atoms with Crippen molar-refractivity contribution in [3.05, 3.63) is 82.2 Å². The zero-order valence-corrected chi connectivity index (χ0v) is 22.7. The molecule has 1 N–H and O–H groups in total. The molecule has 4 rings (SSSR count). The van der Waals surface area contributed by atoms with E-state index in [0.29, 0.717) is 34.9 Å². The molecular formula is C26H22Cl3N3O4S. The van der Waals surface area contributed by atoms with E-state index in [4.69, 9.17) is 34.8 Å². The van der Waals surface area contributed by atoms with Crippen LogP contribution in [0.3, 0.4) is 0 Å². The van der Waals surface area contributed by atoms with Gasteiger partial charge in [-0.2, -0.15) is 0 Å². The normalized spacial score (nSPS) is 12.4. The molecule has 0 saturated heterocycles. The van der Waals surface area contributed by atoms with Gasteiger partial charge in [0.2, 0.25) is 5.28 Å². The number of nitrogens with zero attached hydrogens (tertiary/aromatic N) is 3. The van der Waals surface area contributed by atoms with Crippen LogP contribution in [0.4, 0.5) is 5.69 Å². The SMILES string of the molecule is CCCCC(C(=O)O)N(c1cccc2c(-c3ccnc(Cl)n3)cccc12)S(=O)(=O)c1cc(Cl)cc(Cl)c1. The van der Waals surface area contributed by atoms with Gasteiger partial charge in [0.1, 0.15) is 6.04 Å². The van der Waals surface area contributed by atoms with Crippen molar-refractivity contribution >= 4 is 67.3 Å². The minimum absolute atomic E-state index is 0.0678. The molecule has 0 bridgehead atoms. The highest BCUT2D eigenvalue weighted by Crippen LogP contribution is 2.38. The fourth-order valence-corrected chi connectivity index (χ4v) is 6.72. The van der Waals surface area contributed by atoms with Crippen molar-refractivity contribution in [3.8, 4) is 11.3 Å². The lowest BCUT2D eigenvalue weighted by molar-refractivity contribution is -0.138. The molecule has 0 radical (unpaired) electrons. The Balaban J connectivity index is 2.01. The maximum absolute atomic E-state index is 14.1. The molecule has 3 aromatic carbocycles. The van der Waals surface area contributed by atoms with Gasteiger partial charge in [0.25, 0.3) is 10.0 Å². The Hall–Kier alpha value is -2.91. The molecule has 0 spiro atoms. The number of rotatable bonds is 9. The third-order valence-electron chi connectivity index (χ3n) is 5.83. The van der Waals surface area contributed by atoms with Crippen molar-refractivity contribution in [2.24, 2.45) is 0 Å². The highest BCUT2D eigenvalue weighted by atomic mass is 35.5. The van der Waals surface area contributed by atoms with Crippen LogP contribution < -0.4 is 4.31 Å². The van der Waals surface area contributed by atoms with Crippen molar-refractivity contribution in [1.82, 2.24) is 9.97 Å². The van der Waals surface area contributed by atoms with Crippen molar-refractivity contribution in [1.29, 1.82) is 0 Å². The average molecular weight is 579 g/mol. The van der Waals surface area contributed by atoms with Crippen LogP contribution in [0, 0.1) is 0 Å². The Kier molecular flexibility index (Phi) is 8.23. The molecule has 0 aliphatic carbocycles. The highest BCUT2D eigenvalue weighted by Gasteiger charge is 2.37. The second-order valence-corrected chi connectivity index (χ2v) is 11.3. The highest BCUT2D eigenvalue weighted by molar-refractivity contribution is 7.93. The number of fused-ring (bicyclic) bond motifs is 1. The Morgan fingerprint density at radius 2 is 1.68 bits per heavy atom. The third kappa shape index (κ3) is 5.67. The van der Waals surface area contributed by atoms with Crippen LogP contribution in [0.25, 0.3) is 22.0 Å². The Labute approximate surface area is 229 Å². The third-order valence-corrected chi connectivity index (χ3v) is 8.25. The number of carboxylic acid groups (broad SMARTS) is 1. The molecule has 1 heterocycles. The summed E-state index contributed by atoms with van der Waals surface area (Å²) in [5.41, 5.74) is 1.44. The van der Waals surface area contributed by atoms with E-state index in [0.717, 1.165) is 4.31 Å². The van der Waals surface area contributed by atoms with Gasteiger partial charge < -0.3 is 5.11 Å². The predicted octanol–water partition coefficient (Wildman–Crippen LogP) is 7.10. The predicted molar refractivity (Wildman–Crippen MR) is 147 cm³/mol. The summed E-state index contributed by atoms with van der Waals surface area (Å²) in [5, 5.41) is 11.7. The molecule has 0 aliphatic heterocycles. The molecule has 192 valence electrons. The molecule has 1 unspecified atom stereocenters. The Morgan fingerprint density at radius 1 is 1.00 bits per heavy atom. The number of benzene rings is 3. The minimum atomic E-state index is -4.41. The van der Waals surface area contributed by atoms with Gasteiger partial charge in [0, 0.05) is 27.2 Å². The summed E-state index contributed by atoms with van der Waals surface area (Å²) in [6.07, 6.45) is 2.83. The topological polar surface area (TPSA) is 100 Å². The number of aromatic nitrogens is 2. The molecule has 0 amide bonds. The fraction of sp³-hybridized carbons (Fsp3) is 0.192. The van der Waals surface area contributed by atoms with Gasteiger partial charge in [-0.25, -0.2) is 23.2 Å². The first-order valence-corrected chi connectivity index (χ1v) is 13.9. The smallest absolute Gasteiger partial charge is 0.327 e.